The summed E-state index contributed by atoms with van der Waals surface area (Å²) >= 11 is 0. The van der Waals surface area contributed by atoms with Crippen LogP contribution in [0.25, 0.3) is 0 Å². The summed E-state index contributed by atoms with van der Waals surface area (Å²) < 4.78 is 0. The summed E-state index contributed by atoms with van der Waals surface area (Å²) in [5.41, 5.74) is 10.9. The van der Waals surface area contributed by atoms with Gasteiger partial charge in [0.2, 0.25) is 0 Å². The third kappa shape index (κ3) is 7.78. The van der Waals surface area contributed by atoms with Crippen molar-refractivity contribution in [1.29, 1.82) is 0 Å². The van der Waals surface area contributed by atoms with E-state index in [1.165, 1.54) is 19.3 Å². The van der Waals surface area contributed by atoms with Gasteiger partial charge in [0.15, 0.2) is 0 Å². The van der Waals surface area contributed by atoms with Gasteiger partial charge in [-0.05, 0) is 13.0 Å². The first kappa shape index (κ1) is 10.9. The molecule has 0 radical (unpaired) electrons. The molecule has 0 bridgehead atoms. The predicted molar refractivity (Wildman–Crippen MR) is 49.4 cm³/mol. The van der Waals surface area contributed by atoms with Crippen LogP contribution in [-0.2, 0) is 0 Å². The van der Waals surface area contributed by atoms with Crippen LogP contribution in [-0.4, -0.2) is 25.7 Å². The molecule has 0 rings (SSSR count). The Labute approximate surface area is 69.5 Å². The van der Waals surface area contributed by atoms with Gasteiger partial charge < -0.3 is 16.8 Å². The maximum atomic E-state index is 5.60. The maximum Gasteiger partial charge on any atom is 0.0290 e. The molecule has 1 unspecified atom stereocenters. The van der Waals surface area contributed by atoms with Gasteiger partial charge >= 0.3 is 0 Å². The van der Waals surface area contributed by atoms with Gasteiger partial charge in [0, 0.05) is 19.1 Å². The van der Waals surface area contributed by atoms with Gasteiger partial charge in [0.05, 0.1) is 0 Å². The van der Waals surface area contributed by atoms with Gasteiger partial charge in [-0.3, -0.25) is 0 Å². The molecule has 0 aromatic rings. The summed E-state index contributed by atoms with van der Waals surface area (Å²) in [5, 5.41) is 3.27. The molecule has 0 saturated carbocycles. The minimum absolute atomic E-state index is 0.122. The van der Waals surface area contributed by atoms with E-state index in [1.54, 1.807) is 0 Å². The number of unbranched alkanes of at least 4 members (excludes halogenated alkanes) is 2. The Morgan fingerprint density at radius 1 is 1.36 bits per heavy atom. The first-order chi connectivity index (χ1) is 5.31. The summed E-state index contributed by atoms with van der Waals surface area (Å²) in [7, 11) is 0. The van der Waals surface area contributed by atoms with Crippen molar-refractivity contribution >= 4 is 0 Å². The van der Waals surface area contributed by atoms with Crippen LogP contribution in [0.5, 0.6) is 0 Å². The molecule has 0 saturated heterocycles. The minimum atomic E-state index is 0.122. The second kappa shape index (κ2) is 7.98. The molecule has 0 fully saturated rings. The Kier molecular flexibility index (Phi) is 7.89. The van der Waals surface area contributed by atoms with Crippen LogP contribution >= 0.6 is 0 Å². The maximum absolute atomic E-state index is 5.60. The molecular weight excluding hydrogens is 138 g/mol. The number of nitrogens with two attached hydrogens (primary N) is 2. The summed E-state index contributed by atoms with van der Waals surface area (Å²) in [6.45, 7) is 4.69. The third-order valence-electron chi connectivity index (χ3n) is 1.67. The number of hydrogen-bond donors (Lipinski definition) is 3. The molecule has 0 aliphatic carbocycles. The monoisotopic (exact) mass is 159 g/mol. The molecule has 0 heterocycles. The van der Waals surface area contributed by atoms with Gasteiger partial charge in [-0.2, -0.15) is 0 Å². The van der Waals surface area contributed by atoms with Crippen molar-refractivity contribution in [3.8, 4) is 0 Å². The van der Waals surface area contributed by atoms with Gasteiger partial charge in [0.1, 0.15) is 0 Å². The van der Waals surface area contributed by atoms with Gasteiger partial charge in [-0.25, -0.2) is 0 Å². The number of rotatable bonds is 7. The van der Waals surface area contributed by atoms with E-state index in [-0.39, 0.29) is 6.04 Å². The molecule has 11 heavy (non-hydrogen) atoms. The Morgan fingerprint density at radius 2 is 2.09 bits per heavy atom. The number of hydrogen-bond acceptors (Lipinski definition) is 3. The first-order valence-corrected chi connectivity index (χ1v) is 4.47. The highest BCUT2D eigenvalue weighted by atomic mass is 14.9. The second-order valence-corrected chi connectivity index (χ2v) is 2.91. The van der Waals surface area contributed by atoms with Crippen molar-refractivity contribution in [2.75, 3.05) is 19.6 Å². The number of nitrogens with one attached hydrogen (secondary N) is 1. The smallest absolute Gasteiger partial charge is 0.0290 e. The molecule has 0 amide bonds. The molecule has 5 N–H and O–H groups in total. The standard InChI is InChI=1S/C8H21N3/c1-2-3-4-5-11-7-8(10)6-9/h8,11H,2-7,9-10H2,1H3. The Hall–Kier alpha value is -0.120. The fraction of sp³-hybridized carbons (Fsp3) is 1.00. The van der Waals surface area contributed by atoms with E-state index in [4.69, 9.17) is 11.5 Å². The molecule has 1 atom stereocenters. The average molecular weight is 159 g/mol. The van der Waals surface area contributed by atoms with Crippen molar-refractivity contribution in [1.82, 2.24) is 5.32 Å². The summed E-state index contributed by atoms with van der Waals surface area (Å²) in [6.07, 6.45) is 3.81. The minimum Gasteiger partial charge on any atom is -0.329 e. The van der Waals surface area contributed by atoms with Gasteiger partial charge in [0.25, 0.3) is 0 Å². The van der Waals surface area contributed by atoms with E-state index in [0.717, 1.165) is 13.1 Å². The van der Waals surface area contributed by atoms with Gasteiger partial charge in [-0.1, -0.05) is 19.8 Å². The molecule has 0 aromatic heterocycles. The third-order valence-corrected chi connectivity index (χ3v) is 1.67. The zero-order valence-electron chi connectivity index (χ0n) is 7.47. The summed E-state index contributed by atoms with van der Waals surface area (Å²) in [6, 6.07) is 0.122. The lowest BCUT2D eigenvalue weighted by atomic mass is 10.2. The fourth-order valence-corrected chi connectivity index (χ4v) is 0.871. The Balaban J connectivity index is 2.89. The van der Waals surface area contributed by atoms with E-state index in [9.17, 15) is 0 Å². The predicted octanol–water partition coefficient (Wildman–Crippen LogP) is 0.0522. The van der Waals surface area contributed by atoms with Crippen LogP contribution in [0.15, 0.2) is 0 Å². The first-order valence-electron chi connectivity index (χ1n) is 4.47. The molecule has 68 valence electrons. The summed E-state index contributed by atoms with van der Waals surface area (Å²) in [5.74, 6) is 0. The highest BCUT2D eigenvalue weighted by Crippen LogP contribution is 1.90. The SMILES string of the molecule is CCCCCNCC(N)CN. The molecule has 3 heteroatoms. The topological polar surface area (TPSA) is 64.1 Å². The quantitative estimate of drug-likeness (QED) is 0.460. The normalized spacial score (nSPS) is 13.4. The second-order valence-electron chi connectivity index (χ2n) is 2.91. The van der Waals surface area contributed by atoms with Gasteiger partial charge in [-0.15, -0.1) is 0 Å². The van der Waals surface area contributed by atoms with Crippen LogP contribution in [0.1, 0.15) is 26.2 Å². The molecule has 0 spiro atoms. The van der Waals surface area contributed by atoms with Crippen LogP contribution in [0.4, 0.5) is 0 Å². The lowest BCUT2D eigenvalue weighted by Crippen LogP contribution is -2.39. The largest absolute Gasteiger partial charge is 0.329 e. The van der Waals surface area contributed by atoms with Crippen molar-refractivity contribution in [2.24, 2.45) is 11.5 Å². The molecule has 0 aliphatic heterocycles. The highest BCUT2D eigenvalue weighted by Gasteiger charge is 1.96. The van der Waals surface area contributed by atoms with Crippen LogP contribution < -0.4 is 16.8 Å². The molecule has 0 aromatic carbocycles. The molecule has 0 aliphatic rings. The van der Waals surface area contributed by atoms with Crippen molar-refractivity contribution in [2.45, 2.75) is 32.2 Å². The van der Waals surface area contributed by atoms with Crippen LogP contribution in [0.2, 0.25) is 0 Å². The van der Waals surface area contributed by atoms with Crippen LogP contribution in [0.3, 0.4) is 0 Å². The van der Waals surface area contributed by atoms with Crippen molar-refractivity contribution in [3.05, 3.63) is 0 Å². The average Bonchev–Trinajstić information content (AvgIpc) is 2.04. The van der Waals surface area contributed by atoms with Crippen molar-refractivity contribution in [3.63, 3.8) is 0 Å². The molecule has 3 nitrogen and oxygen atoms in total. The van der Waals surface area contributed by atoms with E-state index in [0.29, 0.717) is 6.54 Å². The van der Waals surface area contributed by atoms with Crippen molar-refractivity contribution < 1.29 is 0 Å². The fourth-order valence-electron chi connectivity index (χ4n) is 0.871. The zero-order valence-corrected chi connectivity index (χ0v) is 7.47. The lowest BCUT2D eigenvalue weighted by Gasteiger charge is -2.09. The van der Waals surface area contributed by atoms with E-state index in [1.807, 2.05) is 0 Å². The Morgan fingerprint density at radius 3 is 2.64 bits per heavy atom. The zero-order chi connectivity index (χ0) is 8.53. The highest BCUT2D eigenvalue weighted by molar-refractivity contribution is 4.64. The van der Waals surface area contributed by atoms with E-state index in [2.05, 4.69) is 12.2 Å². The van der Waals surface area contributed by atoms with Crippen LogP contribution in [0, 0.1) is 0 Å². The van der Waals surface area contributed by atoms with E-state index >= 15 is 0 Å². The molecular formula is C8H21N3. The van der Waals surface area contributed by atoms with E-state index < -0.39 is 0 Å². The Bertz CT molecular complexity index is 75.7. The summed E-state index contributed by atoms with van der Waals surface area (Å²) in [4.78, 5) is 0. The lowest BCUT2D eigenvalue weighted by molar-refractivity contribution is 0.558.